The van der Waals surface area contributed by atoms with Crippen LogP contribution in [-0.2, 0) is 19.8 Å². The molecule has 0 aromatic heterocycles. The Balaban J connectivity index is 2.37. The van der Waals surface area contributed by atoms with Gasteiger partial charge in [-0.1, -0.05) is 19.1 Å². The number of esters is 1. The minimum Gasteiger partial charge on any atom is -0.422 e. The lowest BCUT2D eigenvalue weighted by Gasteiger charge is -2.41. The number of alkyl halides is 7. The first kappa shape index (κ1) is 25.1. The van der Waals surface area contributed by atoms with Crippen LogP contribution in [0.2, 0.25) is 0 Å². The van der Waals surface area contributed by atoms with E-state index in [4.69, 9.17) is 0 Å². The van der Waals surface area contributed by atoms with Crippen LogP contribution in [0.4, 0.5) is 35.5 Å². The summed E-state index contributed by atoms with van der Waals surface area (Å²) in [6.45, 7) is 1.45. The summed E-state index contributed by atoms with van der Waals surface area (Å²) in [5, 5.41) is 0. The number of nitrogens with zero attached hydrogens (tertiary/aromatic N) is 2. The second kappa shape index (κ2) is 7.74. The van der Waals surface area contributed by atoms with Crippen LogP contribution < -0.4 is 4.74 Å². The molecule has 1 saturated heterocycles. The molecule has 1 fully saturated rings. The molecule has 7 nitrogen and oxygen atoms in total. The molecule has 0 aliphatic carbocycles. The molecule has 14 heteroatoms. The molecule has 1 aromatic carbocycles. The molecule has 32 heavy (non-hydrogen) atoms. The van der Waals surface area contributed by atoms with Crippen molar-refractivity contribution in [2.45, 2.75) is 36.8 Å². The Morgan fingerprint density at radius 2 is 1.34 bits per heavy atom. The van der Waals surface area contributed by atoms with E-state index in [2.05, 4.69) is 4.74 Å². The van der Waals surface area contributed by atoms with Crippen molar-refractivity contribution in [2.24, 2.45) is 0 Å². The Morgan fingerprint density at radius 3 is 1.72 bits per heavy atom. The third-order valence-corrected chi connectivity index (χ3v) is 5.01. The molecule has 0 unspecified atom stereocenters. The van der Waals surface area contributed by atoms with Gasteiger partial charge in [0.2, 0.25) is 0 Å². The molecule has 0 spiro atoms. The maximum atomic E-state index is 13.4. The molecular weight excluding hydrogens is 457 g/mol. The minimum absolute atomic E-state index is 0.0617. The largest absolute Gasteiger partial charge is 0.460 e. The van der Waals surface area contributed by atoms with Crippen LogP contribution in [0.25, 0.3) is 0 Å². The average molecular weight is 472 g/mol. The van der Waals surface area contributed by atoms with E-state index >= 15 is 0 Å². The first-order valence-corrected chi connectivity index (χ1v) is 8.72. The number of carbonyl (C=O) groups is 4. The first-order valence-electron chi connectivity index (χ1n) is 8.72. The summed E-state index contributed by atoms with van der Waals surface area (Å²) >= 11 is 0. The second-order valence-corrected chi connectivity index (χ2v) is 6.83. The van der Waals surface area contributed by atoms with Gasteiger partial charge in [-0.25, -0.2) is 9.59 Å². The molecule has 0 bridgehead atoms. The highest BCUT2D eigenvalue weighted by molar-refractivity contribution is 6.22. The molecule has 0 atom stereocenters. The highest BCUT2D eigenvalue weighted by Crippen LogP contribution is 2.47. The summed E-state index contributed by atoms with van der Waals surface area (Å²) in [5.41, 5.74) is -1.97. The fourth-order valence-electron chi connectivity index (χ4n) is 3.10. The number of urea groups is 1. The number of likely N-dealkylation sites (N-methyl/N-ethyl adjacent to an activating group) is 2. The van der Waals surface area contributed by atoms with Crippen molar-refractivity contribution in [3.05, 3.63) is 29.8 Å². The predicted molar refractivity (Wildman–Crippen MR) is 90.9 cm³/mol. The highest BCUT2D eigenvalue weighted by Gasteiger charge is 2.77. The molecule has 2 rings (SSSR count). The smallest absolute Gasteiger partial charge is 0.422 e. The second-order valence-electron chi connectivity index (χ2n) is 6.83. The van der Waals surface area contributed by atoms with Gasteiger partial charge >= 0.3 is 30.0 Å². The fourth-order valence-corrected chi connectivity index (χ4v) is 3.10. The summed E-state index contributed by atoms with van der Waals surface area (Å²) in [6, 6.07) is 2.47. The van der Waals surface area contributed by atoms with E-state index in [0.717, 1.165) is 38.4 Å². The standard InChI is InChI=1S/C18H15F7N2O5/c1-4-15(11(28)26(2)14(31)27(3)12(15)29)9-5-7-10(8-6-9)32-13(30)16(19,20)17(21,22)18(23,24)25/h5-8H,4H2,1-3H3. The SMILES string of the molecule is CCC1(c2ccc(OC(=O)C(F)(F)C(F)(F)C(F)(F)F)cc2)C(=O)N(C)C(=O)N(C)C1=O. The third kappa shape index (κ3) is 3.46. The zero-order chi connectivity index (χ0) is 24.9. The third-order valence-electron chi connectivity index (χ3n) is 5.01. The van der Waals surface area contributed by atoms with E-state index in [9.17, 15) is 49.9 Å². The molecule has 4 amide bonds. The fraction of sp³-hybridized carbons (Fsp3) is 0.444. The van der Waals surface area contributed by atoms with Gasteiger partial charge in [0.25, 0.3) is 11.8 Å². The van der Waals surface area contributed by atoms with Crippen LogP contribution in [0.5, 0.6) is 5.75 Å². The Morgan fingerprint density at radius 1 is 0.906 bits per heavy atom. The maximum absolute atomic E-state index is 13.4. The van der Waals surface area contributed by atoms with Crippen LogP contribution in [0, 0.1) is 0 Å². The van der Waals surface area contributed by atoms with E-state index in [-0.39, 0.29) is 12.0 Å². The van der Waals surface area contributed by atoms with E-state index < -0.39 is 53.0 Å². The number of benzene rings is 1. The van der Waals surface area contributed by atoms with Crippen LogP contribution in [0.3, 0.4) is 0 Å². The van der Waals surface area contributed by atoms with Gasteiger partial charge in [-0.2, -0.15) is 30.7 Å². The summed E-state index contributed by atoms with van der Waals surface area (Å²) in [7, 11) is 2.24. The normalized spacial score (nSPS) is 17.6. The quantitative estimate of drug-likeness (QED) is 0.285. The van der Waals surface area contributed by atoms with Gasteiger partial charge in [0.15, 0.2) is 5.41 Å². The number of halogens is 7. The average Bonchev–Trinajstić information content (AvgIpc) is 2.71. The van der Waals surface area contributed by atoms with Crippen molar-refractivity contribution in [1.82, 2.24) is 9.80 Å². The number of ether oxygens (including phenoxy) is 1. The lowest BCUT2D eigenvalue weighted by atomic mass is 9.74. The van der Waals surface area contributed by atoms with Crippen LogP contribution in [0.15, 0.2) is 24.3 Å². The van der Waals surface area contributed by atoms with E-state index in [1.54, 1.807) is 0 Å². The van der Waals surface area contributed by atoms with Gasteiger partial charge in [0, 0.05) is 14.1 Å². The number of imide groups is 2. The maximum Gasteiger partial charge on any atom is 0.460 e. The highest BCUT2D eigenvalue weighted by atomic mass is 19.4. The Labute approximate surface area is 175 Å². The zero-order valence-electron chi connectivity index (χ0n) is 16.6. The van der Waals surface area contributed by atoms with Crippen molar-refractivity contribution in [1.29, 1.82) is 0 Å². The van der Waals surface area contributed by atoms with Crippen molar-refractivity contribution in [2.75, 3.05) is 14.1 Å². The van der Waals surface area contributed by atoms with Crippen molar-refractivity contribution < 1.29 is 54.6 Å². The molecular formula is C18H15F7N2O5. The lowest BCUT2D eigenvalue weighted by molar-refractivity contribution is -0.346. The van der Waals surface area contributed by atoms with Gasteiger partial charge in [0.1, 0.15) is 5.75 Å². The summed E-state index contributed by atoms with van der Waals surface area (Å²) in [6.07, 6.45) is -6.87. The number of rotatable bonds is 5. The lowest BCUT2D eigenvalue weighted by Crippen LogP contribution is -2.64. The summed E-state index contributed by atoms with van der Waals surface area (Å²) in [5.74, 6) is -18.7. The Kier molecular flexibility index (Phi) is 6.07. The molecule has 1 aliphatic heterocycles. The number of hydrogen-bond donors (Lipinski definition) is 0. The molecule has 0 N–H and O–H groups in total. The Hall–Kier alpha value is -3.19. The molecule has 0 radical (unpaired) electrons. The topological polar surface area (TPSA) is 84.0 Å². The number of carbonyl (C=O) groups excluding carboxylic acids is 4. The minimum atomic E-state index is -6.72. The van der Waals surface area contributed by atoms with Crippen molar-refractivity contribution >= 4 is 23.8 Å². The van der Waals surface area contributed by atoms with Crippen LogP contribution >= 0.6 is 0 Å². The number of hydrogen-bond acceptors (Lipinski definition) is 5. The molecule has 176 valence electrons. The Bertz CT molecular complexity index is 935. The van der Waals surface area contributed by atoms with E-state index in [1.807, 2.05) is 0 Å². The summed E-state index contributed by atoms with van der Waals surface area (Å²) < 4.78 is 93.3. The van der Waals surface area contributed by atoms with Gasteiger partial charge in [0.05, 0.1) is 0 Å². The van der Waals surface area contributed by atoms with Gasteiger partial charge in [-0.15, -0.1) is 0 Å². The van der Waals surface area contributed by atoms with E-state index in [1.165, 1.54) is 6.92 Å². The predicted octanol–water partition coefficient (Wildman–Crippen LogP) is 3.12. The molecule has 1 aliphatic rings. The van der Waals surface area contributed by atoms with Crippen LogP contribution in [-0.4, -0.2) is 65.7 Å². The van der Waals surface area contributed by atoms with Gasteiger partial charge < -0.3 is 4.74 Å². The van der Waals surface area contributed by atoms with Gasteiger partial charge in [-0.05, 0) is 24.1 Å². The molecule has 1 aromatic rings. The summed E-state index contributed by atoms with van der Waals surface area (Å²) in [4.78, 5) is 50.1. The monoisotopic (exact) mass is 472 g/mol. The van der Waals surface area contributed by atoms with E-state index in [0.29, 0.717) is 9.80 Å². The first-order chi connectivity index (χ1) is 14.5. The van der Waals surface area contributed by atoms with Crippen LogP contribution in [0.1, 0.15) is 18.9 Å². The zero-order valence-corrected chi connectivity index (χ0v) is 16.6. The van der Waals surface area contributed by atoms with Crippen molar-refractivity contribution in [3.8, 4) is 5.75 Å². The molecule has 0 saturated carbocycles. The van der Waals surface area contributed by atoms with Crippen molar-refractivity contribution in [3.63, 3.8) is 0 Å². The van der Waals surface area contributed by atoms with Gasteiger partial charge in [-0.3, -0.25) is 19.4 Å². The number of amides is 4. The molecule has 1 heterocycles. The number of barbiturate groups is 1.